The summed E-state index contributed by atoms with van der Waals surface area (Å²) in [6.07, 6.45) is 5.28. The molecule has 1 unspecified atom stereocenters. The second kappa shape index (κ2) is 7.50. The molecule has 1 atom stereocenters. The van der Waals surface area contributed by atoms with Crippen LogP contribution in [-0.4, -0.2) is 45.1 Å². The van der Waals surface area contributed by atoms with Crippen molar-refractivity contribution in [2.24, 2.45) is 13.0 Å². The van der Waals surface area contributed by atoms with Crippen molar-refractivity contribution in [3.05, 3.63) is 40.6 Å². The number of carbonyl (C=O) groups excluding carboxylic acids is 1. The van der Waals surface area contributed by atoms with E-state index in [4.69, 9.17) is 0 Å². The summed E-state index contributed by atoms with van der Waals surface area (Å²) in [5.74, 6) is 0.273. The lowest BCUT2D eigenvalue weighted by Gasteiger charge is -2.18. The molecule has 0 bridgehead atoms. The Balaban J connectivity index is 1.54. The average molecular weight is 344 g/mol. The molecule has 1 amide bonds. The number of amides is 1. The zero-order valence-corrected chi connectivity index (χ0v) is 14.7. The van der Waals surface area contributed by atoms with Crippen LogP contribution in [0, 0.1) is 5.92 Å². The molecule has 0 spiro atoms. The van der Waals surface area contributed by atoms with Crippen LogP contribution >= 0.6 is 0 Å². The molecule has 1 aliphatic rings. The van der Waals surface area contributed by atoms with Gasteiger partial charge >= 0.3 is 0 Å². The van der Waals surface area contributed by atoms with Crippen LogP contribution < -0.4 is 15.8 Å². The Labute approximate surface area is 146 Å². The van der Waals surface area contributed by atoms with Gasteiger partial charge in [0, 0.05) is 45.5 Å². The Hall–Kier alpha value is -2.64. The van der Waals surface area contributed by atoms with Gasteiger partial charge in [-0.05, 0) is 24.8 Å². The number of hydrogen-bond acceptors (Lipinski definition) is 5. The van der Waals surface area contributed by atoms with Crippen LogP contribution in [0.25, 0.3) is 0 Å². The maximum Gasteiger partial charge on any atom is 0.269 e. The van der Waals surface area contributed by atoms with Crippen LogP contribution in [0.2, 0.25) is 0 Å². The summed E-state index contributed by atoms with van der Waals surface area (Å²) >= 11 is 0. The summed E-state index contributed by atoms with van der Waals surface area (Å²) < 4.78 is 3.05. The molecule has 134 valence electrons. The minimum absolute atomic E-state index is 0.0837. The summed E-state index contributed by atoms with van der Waals surface area (Å²) in [4.78, 5) is 26.2. The van der Waals surface area contributed by atoms with Crippen molar-refractivity contribution in [2.75, 3.05) is 24.5 Å². The Morgan fingerprint density at radius 2 is 2.24 bits per heavy atom. The van der Waals surface area contributed by atoms with E-state index in [1.807, 2.05) is 0 Å². The molecule has 8 heteroatoms. The van der Waals surface area contributed by atoms with Crippen molar-refractivity contribution < 1.29 is 4.79 Å². The quantitative estimate of drug-likeness (QED) is 0.831. The molecule has 1 saturated heterocycles. The molecule has 2 aromatic heterocycles. The van der Waals surface area contributed by atoms with Gasteiger partial charge in [0.1, 0.15) is 5.69 Å². The summed E-state index contributed by atoms with van der Waals surface area (Å²) in [6.45, 7) is 5.09. The lowest BCUT2D eigenvalue weighted by atomic mass is 10.1. The Morgan fingerprint density at radius 1 is 1.40 bits per heavy atom. The van der Waals surface area contributed by atoms with Crippen LogP contribution in [0.15, 0.2) is 29.3 Å². The molecule has 0 aromatic carbocycles. The third-order valence-electron chi connectivity index (χ3n) is 4.54. The molecule has 1 aliphatic heterocycles. The third kappa shape index (κ3) is 3.89. The van der Waals surface area contributed by atoms with Gasteiger partial charge in [0.15, 0.2) is 0 Å². The maximum atomic E-state index is 12.4. The molecule has 1 N–H and O–H groups in total. The van der Waals surface area contributed by atoms with E-state index in [9.17, 15) is 9.59 Å². The fourth-order valence-electron chi connectivity index (χ4n) is 3.11. The lowest BCUT2D eigenvalue weighted by Crippen LogP contribution is -2.32. The molecule has 2 aromatic rings. The van der Waals surface area contributed by atoms with Crippen LogP contribution in [0.4, 0.5) is 5.69 Å². The molecule has 0 aliphatic carbocycles. The average Bonchev–Trinajstić information content (AvgIpc) is 3.25. The predicted octanol–water partition coefficient (Wildman–Crippen LogP) is 0.643. The Morgan fingerprint density at radius 3 is 3.00 bits per heavy atom. The third-order valence-corrected chi connectivity index (χ3v) is 4.54. The van der Waals surface area contributed by atoms with E-state index in [0.717, 1.165) is 38.2 Å². The first-order valence-electron chi connectivity index (χ1n) is 8.66. The van der Waals surface area contributed by atoms with Gasteiger partial charge in [0.2, 0.25) is 0 Å². The van der Waals surface area contributed by atoms with E-state index in [-0.39, 0.29) is 11.5 Å². The second-order valence-corrected chi connectivity index (χ2v) is 6.43. The minimum Gasteiger partial charge on any atom is -0.370 e. The Bertz CT molecular complexity index is 796. The van der Waals surface area contributed by atoms with Crippen molar-refractivity contribution >= 4 is 11.6 Å². The van der Waals surface area contributed by atoms with Crippen LogP contribution in [0.3, 0.4) is 0 Å². The van der Waals surface area contributed by atoms with Gasteiger partial charge in [0.25, 0.3) is 11.5 Å². The first-order chi connectivity index (χ1) is 12.1. The number of hydrogen-bond donors (Lipinski definition) is 1. The summed E-state index contributed by atoms with van der Waals surface area (Å²) in [5.41, 5.74) is 1.34. The number of anilines is 1. The fraction of sp³-hybridized carbons (Fsp3) is 0.529. The zero-order valence-electron chi connectivity index (χ0n) is 14.7. The number of aromatic nitrogens is 4. The van der Waals surface area contributed by atoms with Crippen molar-refractivity contribution in [2.45, 2.75) is 26.3 Å². The van der Waals surface area contributed by atoms with E-state index >= 15 is 0 Å². The molecule has 3 rings (SSSR count). The molecule has 1 fully saturated rings. The Kier molecular flexibility index (Phi) is 5.16. The minimum atomic E-state index is -0.113. The number of nitrogens with one attached hydrogen (secondary N) is 1. The monoisotopic (exact) mass is 344 g/mol. The van der Waals surface area contributed by atoms with Crippen molar-refractivity contribution in [1.82, 2.24) is 24.9 Å². The van der Waals surface area contributed by atoms with E-state index in [1.165, 1.54) is 4.68 Å². The fourth-order valence-corrected chi connectivity index (χ4v) is 3.11. The number of nitrogens with zero attached hydrogens (tertiary/aromatic N) is 5. The van der Waals surface area contributed by atoms with Gasteiger partial charge in [-0.3, -0.25) is 14.3 Å². The highest BCUT2D eigenvalue weighted by Crippen LogP contribution is 2.21. The van der Waals surface area contributed by atoms with Gasteiger partial charge in [-0.2, -0.15) is 10.2 Å². The predicted molar refractivity (Wildman–Crippen MR) is 94.6 cm³/mol. The summed E-state index contributed by atoms with van der Waals surface area (Å²) in [5, 5.41) is 11.3. The van der Waals surface area contributed by atoms with Crippen LogP contribution in [0.1, 0.15) is 30.3 Å². The molecule has 3 heterocycles. The number of rotatable bonds is 6. The molecule has 25 heavy (non-hydrogen) atoms. The largest absolute Gasteiger partial charge is 0.370 e. The zero-order chi connectivity index (χ0) is 17.8. The van der Waals surface area contributed by atoms with Gasteiger partial charge in [-0.25, -0.2) is 4.68 Å². The van der Waals surface area contributed by atoms with E-state index in [2.05, 4.69) is 27.3 Å². The highest BCUT2D eigenvalue weighted by molar-refractivity contribution is 5.92. The second-order valence-electron chi connectivity index (χ2n) is 6.43. The SMILES string of the molecule is CCCn1nccc1C(=O)NCC1CCN(c2cnn(C)c(=O)c2)C1. The summed E-state index contributed by atoms with van der Waals surface area (Å²) in [6, 6.07) is 3.36. The molecule has 0 radical (unpaired) electrons. The smallest absolute Gasteiger partial charge is 0.269 e. The topological polar surface area (TPSA) is 85.1 Å². The highest BCUT2D eigenvalue weighted by atomic mass is 16.2. The standard InChI is InChI=1S/C17H24N6O2/c1-3-7-23-15(4-6-19-23)17(25)18-10-13-5-8-22(12-13)14-9-16(24)21(2)20-11-14/h4,6,9,11,13H,3,5,7-8,10,12H2,1-2H3,(H,18,25). The van der Waals surface area contributed by atoms with Gasteiger partial charge < -0.3 is 10.2 Å². The van der Waals surface area contributed by atoms with Crippen molar-refractivity contribution in [3.8, 4) is 0 Å². The van der Waals surface area contributed by atoms with E-state index in [1.54, 1.807) is 36.3 Å². The first kappa shape index (κ1) is 17.2. The van der Waals surface area contributed by atoms with Gasteiger partial charge in [-0.15, -0.1) is 0 Å². The van der Waals surface area contributed by atoms with Crippen LogP contribution in [0.5, 0.6) is 0 Å². The van der Waals surface area contributed by atoms with E-state index < -0.39 is 0 Å². The molecular formula is C17H24N6O2. The van der Waals surface area contributed by atoms with E-state index in [0.29, 0.717) is 18.2 Å². The van der Waals surface area contributed by atoms with Crippen molar-refractivity contribution in [1.29, 1.82) is 0 Å². The summed E-state index contributed by atoms with van der Waals surface area (Å²) in [7, 11) is 1.64. The van der Waals surface area contributed by atoms with Gasteiger partial charge in [-0.1, -0.05) is 6.92 Å². The highest BCUT2D eigenvalue weighted by Gasteiger charge is 2.24. The number of carbonyl (C=O) groups is 1. The van der Waals surface area contributed by atoms with Gasteiger partial charge in [0.05, 0.1) is 11.9 Å². The maximum absolute atomic E-state index is 12.4. The molecular weight excluding hydrogens is 320 g/mol. The number of aryl methyl sites for hydroxylation is 2. The first-order valence-corrected chi connectivity index (χ1v) is 8.66. The molecule has 0 saturated carbocycles. The normalized spacial score (nSPS) is 17.0. The van der Waals surface area contributed by atoms with Crippen molar-refractivity contribution in [3.63, 3.8) is 0 Å². The molecule has 8 nitrogen and oxygen atoms in total. The lowest BCUT2D eigenvalue weighted by molar-refractivity contribution is 0.0937. The van der Waals surface area contributed by atoms with Crippen LogP contribution in [-0.2, 0) is 13.6 Å².